The van der Waals surface area contributed by atoms with Gasteiger partial charge < -0.3 is 9.64 Å². The highest BCUT2D eigenvalue weighted by atomic mass is 16.5. The fourth-order valence-electron chi connectivity index (χ4n) is 3.18. The van der Waals surface area contributed by atoms with Gasteiger partial charge in [-0.1, -0.05) is 19.8 Å². The van der Waals surface area contributed by atoms with Gasteiger partial charge in [0.25, 0.3) is 0 Å². The van der Waals surface area contributed by atoms with Gasteiger partial charge in [0.05, 0.1) is 6.61 Å². The highest BCUT2D eigenvalue weighted by Crippen LogP contribution is 2.33. The van der Waals surface area contributed by atoms with Crippen LogP contribution in [-0.2, 0) is 14.3 Å². The van der Waals surface area contributed by atoms with Gasteiger partial charge in [-0.2, -0.15) is 0 Å². The molecule has 2 heterocycles. The molecule has 0 aliphatic carbocycles. The van der Waals surface area contributed by atoms with E-state index in [1.807, 2.05) is 18.7 Å². The molecule has 2 fully saturated rings. The molecule has 0 bridgehead atoms. The van der Waals surface area contributed by atoms with Gasteiger partial charge in [-0.15, -0.1) is 0 Å². The number of esters is 1. The van der Waals surface area contributed by atoms with Crippen molar-refractivity contribution in [2.24, 2.45) is 5.92 Å². The second kappa shape index (κ2) is 5.72. The molecule has 3 atom stereocenters. The molecule has 0 N–H and O–H groups in total. The molecule has 2 aliphatic heterocycles. The molecule has 0 aromatic rings. The van der Waals surface area contributed by atoms with Gasteiger partial charge in [0.1, 0.15) is 6.04 Å². The van der Waals surface area contributed by atoms with Gasteiger partial charge in [0.15, 0.2) is 0 Å². The van der Waals surface area contributed by atoms with E-state index in [0.717, 1.165) is 38.5 Å². The van der Waals surface area contributed by atoms with Crippen molar-refractivity contribution in [3.63, 3.8) is 0 Å². The summed E-state index contributed by atoms with van der Waals surface area (Å²) in [5.74, 6) is -0.0285. The van der Waals surface area contributed by atoms with Crippen molar-refractivity contribution in [3.8, 4) is 0 Å². The second-order valence-corrected chi connectivity index (χ2v) is 5.43. The standard InChI is InChI=1S/C14H23NO3/c1-3-18-14(17)12-9-8-11-7-5-4-6-10(2)13(16)15(11)12/h10-12H,3-9H2,1-2H3. The minimum absolute atomic E-state index is 0.0443. The van der Waals surface area contributed by atoms with Gasteiger partial charge in [-0.25, -0.2) is 4.79 Å². The zero-order valence-electron chi connectivity index (χ0n) is 11.4. The number of fused-ring (bicyclic) bond motifs is 1. The van der Waals surface area contributed by atoms with Crippen LogP contribution in [0.4, 0.5) is 0 Å². The van der Waals surface area contributed by atoms with Crippen molar-refractivity contribution < 1.29 is 14.3 Å². The molecule has 4 nitrogen and oxygen atoms in total. The smallest absolute Gasteiger partial charge is 0.328 e. The van der Waals surface area contributed by atoms with E-state index in [4.69, 9.17) is 4.74 Å². The molecule has 0 aromatic carbocycles. The lowest BCUT2D eigenvalue weighted by molar-refractivity contribution is -0.156. The Labute approximate surface area is 109 Å². The van der Waals surface area contributed by atoms with Crippen molar-refractivity contribution in [2.75, 3.05) is 6.61 Å². The van der Waals surface area contributed by atoms with E-state index in [0.29, 0.717) is 6.61 Å². The lowest BCUT2D eigenvalue weighted by Gasteiger charge is -2.33. The SMILES string of the molecule is CCOC(=O)C1CCC2CCCCC(C)C(=O)N21. The maximum atomic E-state index is 12.4. The zero-order chi connectivity index (χ0) is 13.1. The van der Waals surface area contributed by atoms with Gasteiger partial charge in [0.2, 0.25) is 5.91 Å². The predicted molar refractivity (Wildman–Crippen MR) is 67.9 cm³/mol. The van der Waals surface area contributed by atoms with E-state index in [-0.39, 0.29) is 29.9 Å². The summed E-state index contributed by atoms with van der Waals surface area (Å²) in [6.45, 7) is 4.17. The van der Waals surface area contributed by atoms with E-state index >= 15 is 0 Å². The van der Waals surface area contributed by atoms with Gasteiger partial charge in [-0.05, 0) is 32.6 Å². The third-order valence-electron chi connectivity index (χ3n) is 4.16. The summed E-state index contributed by atoms with van der Waals surface area (Å²) in [5.41, 5.74) is 0. The Morgan fingerprint density at radius 1 is 1.28 bits per heavy atom. The molecule has 4 heteroatoms. The number of amides is 1. The first-order chi connectivity index (χ1) is 8.65. The topological polar surface area (TPSA) is 46.6 Å². The van der Waals surface area contributed by atoms with Crippen LogP contribution in [0.1, 0.15) is 52.4 Å². The Morgan fingerprint density at radius 2 is 2.00 bits per heavy atom. The summed E-state index contributed by atoms with van der Waals surface area (Å²) in [5, 5.41) is 0. The Morgan fingerprint density at radius 3 is 2.72 bits per heavy atom. The van der Waals surface area contributed by atoms with Crippen LogP contribution in [-0.4, -0.2) is 35.5 Å². The van der Waals surface area contributed by atoms with Crippen molar-refractivity contribution in [1.29, 1.82) is 0 Å². The Balaban J connectivity index is 2.15. The average Bonchev–Trinajstić information content (AvgIpc) is 2.75. The first kappa shape index (κ1) is 13.4. The monoisotopic (exact) mass is 253 g/mol. The Hall–Kier alpha value is -1.06. The number of nitrogens with zero attached hydrogens (tertiary/aromatic N) is 1. The average molecular weight is 253 g/mol. The van der Waals surface area contributed by atoms with E-state index in [9.17, 15) is 9.59 Å². The fraction of sp³-hybridized carbons (Fsp3) is 0.857. The van der Waals surface area contributed by atoms with Crippen LogP contribution in [0, 0.1) is 5.92 Å². The van der Waals surface area contributed by atoms with Gasteiger partial charge >= 0.3 is 5.97 Å². The van der Waals surface area contributed by atoms with Crippen LogP contribution in [0.5, 0.6) is 0 Å². The second-order valence-electron chi connectivity index (χ2n) is 5.43. The molecule has 2 saturated heterocycles. The molecule has 18 heavy (non-hydrogen) atoms. The maximum absolute atomic E-state index is 12.4. The molecular formula is C14H23NO3. The molecule has 0 spiro atoms. The minimum atomic E-state index is -0.331. The third kappa shape index (κ3) is 2.52. The van der Waals surface area contributed by atoms with Crippen LogP contribution in [0.25, 0.3) is 0 Å². The minimum Gasteiger partial charge on any atom is -0.464 e. The summed E-state index contributed by atoms with van der Waals surface area (Å²) >= 11 is 0. The molecule has 2 rings (SSSR count). The number of rotatable bonds is 2. The highest BCUT2D eigenvalue weighted by molar-refractivity contribution is 5.86. The van der Waals surface area contributed by atoms with Gasteiger partial charge in [0, 0.05) is 12.0 Å². The third-order valence-corrected chi connectivity index (χ3v) is 4.16. The first-order valence-corrected chi connectivity index (χ1v) is 7.14. The van der Waals surface area contributed by atoms with Crippen molar-refractivity contribution >= 4 is 11.9 Å². The number of hydrogen-bond acceptors (Lipinski definition) is 3. The largest absolute Gasteiger partial charge is 0.464 e. The highest BCUT2D eigenvalue weighted by Gasteiger charge is 2.43. The summed E-state index contributed by atoms with van der Waals surface area (Å²) in [6, 6.07) is -0.0716. The van der Waals surface area contributed by atoms with Crippen LogP contribution in [0.3, 0.4) is 0 Å². The number of hydrogen-bond donors (Lipinski definition) is 0. The van der Waals surface area contributed by atoms with Crippen LogP contribution >= 0.6 is 0 Å². The zero-order valence-corrected chi connectivity index (χ0v) is 11.4. The maximum Gasteiger partial charge on any atom is 0.328 e. The summed E-state index contributed by atoms with van der Waals surface area (Å²) in [6.07, 6.45) is 5.98. The number of carbonyl (C=O) groups excluding carboxylic acids is 2. The Kier molecular flexibility index (Phi) is 4.25. The lowest BCUT2D eigenvalue weighted by atomic mass is 9.95. The van der Waals surface area contributed by atoms with Crippen LogP contribution in [0.2, 0.25) is 0 Å². The quantitative estimate of drug-likeness (QED) is 0.708. The van der Waals surface area contributed by atoms with E-state index in [1.54, 1.807) is 0 Å². The van der Waals surface area contributed by atoms with Crippen LogP contribution in [0.15, 0.2) is 0 Å². The summed E-state index contributed by atoms with van der Waals surface area (Å²) < 4.78 is 5.10. The molecule has 102 valence electrons. The summed E-state index contributed by atoms with van der Waals surface area (Å²) in [4.78, 5) is 26.2. The number of carbonyl (C=O) groups is 2. The fourth-order valence-corrected chi connectivity index (χ4v) is 3.18. The molecular weight excluding hydrogens is 230 g/mol. The van der Waals surface area contributed by atoms with Crippen molar-refractivity contribution in [2.45, 2.75) is 64.5 Å². The predicted octanol–water partition coefficient (Wildman–Crippen LogP) is 2.12. The van der Waals surface area contributed by atoms with Crippen molar-refractivity contribution in [1.82, 2.24) is 4.90 Å². The molecule has 2 aliphatic rings. The molecule has 0 radical (unpaired) electrons. The summed E-state index contributed by atoms with van der Waals surface area (Å²) in [7, 11) is 0. The molecule has 1 amide bonds. The van der Waals surface area contributed by atoms with E-state index < -0.39 is 0 Å². The number of ether oxygens (including phenoxy) is 1. The Bertz CT molecular complexity index is 329. The first-order valence-electron chi connectivity index (χ1n) is 7.14. The van der Waals surface area contributed by atoms with Gasteiger partial charge in [-0.3, -0.25) is 4.79 Å². The molecule has 0 aromatic heterocycles. The molecule has 0 saturated carbocycles. The van der Waals surface area contributed by atoms with Crippen LogP contribution < -0.4 is 0 Å². The van der Waals surface area contributed by atoms with Crippen molar-refractivity contribution in [3.05, 3.63) is 0 Å². The molecule has 3 unspecified atom stereocenters. The van der Waals surface area contributed by atoms with E-state index in [2.05, 4.69) is 0 Å². The van der Waals surface area contributed by atoms with E-state index in [1.165, 1.54) is 0 Å². The normalized spacial score (nSPS) is 32.7. The lowest BCUT2D eigenvalue weighted by Crippen LogP contribution is -2.48.